The monoisotopic (exact) mass is 487 g/mol. The Morgan fingerprint density at radius 2 is 1.62 bits per heavy atom. The SMILES string of the molecule is CCCCc1ccc(N(C(=O)/C=C/c2cccc(Cl)c2)S(=O)(=O)c2ccc(Cl)cc2)cc1. The first-order chi connectivity index (χ1) is 15.3. The molecule has 32 heavy (non-hydrogen) atoms. The lowest BCUT2D eigenvalue weighted by Crippen LogP contribution is -2.35. The summed E-state index contributed by atoms with van der Waals surface area (Å²) in [4.78, 5) is 13.1. The van der Waals surface area contributed by atoms with Gasteiger partial charge in [-0.15, -0.1) is 0 Å². The van der Waals surface area contributed by atoms with E-state index in [-0.39, 0.29) is 10.6 Å². The van der Waals surface area contributed by atoms with Crippen LogP contribution in [-0.2, 0) is 21.2 Å². The highest BCUT2D eigenvalue weighted by Crippen LogP contribution is 2.26. The summed E-state index contributed by atoms with van der Waals surface area (Å²) in [6, 6.07) is 19.7. The quantitative estimate of drug-likeness (QED) is 0.329. The number of benzene rings is 3. The van der Waals surface area contributed by atoms with Gasteiger partial charge < -0.3 is 0 Å². The maximum atomic E-state index is 13.4. The molecule has 0 bridgehead atoms. The maximum absolute atomic E-state index is 13.4. The van der Waals surface area contributed by atoms with Crippen LogP contribution in [0.15, 0.2) is 83.8 Å². The van der Waals surface area contributed by atoms with Gasteiger partial charge in [0.05, 0.1) is 10.6 Å². The van der Waals surface area contributed by atoms with E-state index < -0.39 is 15.9 Å². The van der Waals surface area contributed by atoms with Gasteiger partial charge >= 0.3 is 0 Å². The average Bonchev–Trinajstić information content (AvgIpc) is 2.77. The molecule has 0 fully saturated rings. The van der Waals surface area contributed by atoms with Crippen LogP contribution in [-0.4, -0.2) is 14.3 Å². The number of hydrogen-bond donors (Lipinski definition) is 0. The lowest BCUT2D eigenvalue weighted by molar-refractivity contribution is -0.113. The Balaban J connectivity index is 2.00. The molecule has 0 aliphatic heterocycles. The molecule has 166 valence electrons. The number of rotatable bonds is 8. The molecule has 0 saturated heterocycles. The van der Waals surface area contributed by atoms with Crippen molar-refractivity contribution in [1.82, 2.24) is 0 Å². The number of halogens is 2. The molecule has 0 spiro atoms. The summed E-state index contributed by atoms with van der Waals surface area (Å²) in [6.07, 6.45) is 5.75. The highest BCUT2D eigenvalue weighted by Gasteiger charge is 2.29. The second-order valence-electron chi connectivity index (χ2n) is 7.22. The molecule has 0 saturated carbocycles. The number of anilines is 1. The Kier molecular flexibility index (Phi) is 8.13. The van der Waals surface area contributed by atoms with E-state index in [0.29, 0.717) is 15.6 Å². The second-order valence-corrected chi connectivity index (χ2v) is 9.88. The fourth-order valence-corrected chi connectivity index (χ4v) is 4.83. The summed E-state index contributed by atoms with van der Waals surface area (Å²) in [7, 11) is -4.16. The normalized spacial score (nSPS) is 11.6. The molecule has 0 radical (unpaired) electrons. The van der Waals surface area contributed by atoms with E-state index in [0.717, 1.165) is 29.1 Å². The molecule has 4 nitrogen and oxygen atoms in total. The van der Waals surface area contributed by atoms with Crippen LogP contribution in [0.4, 0.5) is 5.69 Å². The fraction of sp³-hybridized carbons (Fsp3) is 0.160. The number of carbonyl (C=O) groups is 1. The Hall–Kier alpha value is -2.60. The maximum Gasteiger partial charge on any atom is 0.271 e. The van der Waals surface area contributed by atoms with Crippen molar-refractivity contribution >= 4 is 50.9 Å². The molecule has 3 aromatic rings. The molecule has 3 aromatic carbocycles. The minimum Gasteiger partial charge on any atom is -0.268 e. The molecule has 0 aliphatic rings. The Morgan fingerprint density at radius 1 is 0.938 bits per heavy atom. The zero-order chi connectivity index (χ0) is 23.1. The first-order valence-corrected chi connectivity index (χ1v) is 12.4. The van der Waals surface area contributed by atoms with Gasteiger partial charge in [0.25, 0.3) is 15.9 Å². The van der Waals surface area contributed by atoms with Gasteiger partial charge in [-0.3, -0.25) is 4.79 Å². The second kappa shape index (κ2) is 10.8. The van der Waals surface area contributed by atoms with Gasteiger partial charge in [0.2, 0.25) is 0 Å². The van der Waals surface area contributed by atoms with Gasteiger partial charge in [0, 0.05) is 16.1 Å². The van der Waals surface area contributed by atoms with Crippen LogP contribution < -0.4 is 4.31 Å². The van der Waals surface area contributed by atoms with Gasteiger partial charge in [-0.1, -0.05) is 60.8 Å². The van der Waals surface area contributed by atoms with E-state index >= 15 is 0 Å². The number of hydrogen-bond acceptors (Lipinski definition) is 3. The molecule has 0 aromatic heterocycles. The number of aryl methyl sites for hydroxylation is 1. The summed E-state index contributed by atoms with van der Waals surface area (Å²) >= 11 is 11.9. The van der Waals surface area contributed by atoms with Gasteiger partial charge in [-0.2, -0.15) is 4.31 Å². The molecule has 3 rings (SSSR count). The van der Waals surface area contributed by atoms with Crippen LogP contribution in [0, 0.1) is 0 Å². The number of unbranched alkanes of at least 4 members (excludes halogenated alkanes) is 1. The molecule has 0 atom stereocenters. The molecule has 7 heteroatoms. The summed E-state index contributed by atoms with van der Waals surface area (Å²) in [5, 5.41) is 0.927. The number of nitrogens with zero attached hydrogens (tertiary/aromatic N) is 1. The molecule has 0 heterocycles. The van der Waals surface area contributed by atoms with Gasteiger partial charge in [-0.25, -0.2) is 8.42 Å². The van der Waals surface area contributed by atoms with Crippen LogP contribution in [0.3, 0.4) is 0 Å². The van der Waals surface area contributed by atoms with E-state index in [4.69, 9.17) is 23.2 Å². The highest BCUT2D eigenvalue weighted by molar-refractivity contribution is 7.93. The van der Waals surface area contributed by atoms with Gasteiger partial charge in [0.1, 0.15) is 0 Å². The first-order valence-electron chi connectivity index (χ1n) is 10.2. The van der Waals surface area contributed by atoms with Crippen LogP contribution in [0.25, 0.3) is 6.08 Å². The molecular formula is C25H23Cl2NO3S. The smallest absolute Gasteiger partial charge is 0.268 e. The van der Waals surface area contributed by atoms with Gasteiger partial charge in [-0.05, 0) is 78.6 Å². The minimum atomic E-state index is -4.16. The van der Waals surface area contributed by atoms with Crippen LogP contribution >= 0.6 is 23.2 Å². The zero-order valence-electron chi connectivity index (χ0n) is 17.5. The van der Waals surface area contributed by atoms with Crippen LogP contribution in [0.5, 0.6) is 0 Å². The van der Waals surface area contributed by atoms with E-state index in [1.165, 1.54) is 36.4 Å². The lowest BCUT2D eigenvalue weighted by Gasteiger charge is -2.22. The topological polar surface area (TPSA) is 54.5 Å². The number of carbonyl (C=O) groups excluding carboxylic acids is 1. The lowest BCUT2D eigenvalue weighted by atomic mass is 10.1. The predicted molar refractivity (Wildman–Crippen MR) is 132 cm³/mol. The summed E-state index contributed by atoms with van der Waals surface area (Å²) in [5.41, 5.74) is 2.03. The summed E-state index contributed by atoms with van der Waals surface area (Å²) in [6.45, 7) is 2.11. The highest BCUT2D eigenvalue weighted by atomic mass is 35.5. The Labute approximate surface area is 199 Å². The Morgan fingerprint density at radius 3 is 2.25 bits per heavy atom. The minimum absolute atomic E-state index is 0.0264. The van der Waals surface area contributed by atoms with Crippen molar-refractivity contribution in [2.45, 2.75) is 31.1 Å². The van der Waals surface area contributed by atoms with Crippen molar-refractivity contribution in [3.63, 3.8) is 0 Å². The molecule has 0 N–H and O–H groups in total. The summed E-state index contributed by atoms with van der Waals surface area (Å²) < 4.78 is 27.6. The van der Waals surface area contributed by atoms with E-state index in [1.54, 1.807) is 36.4 Å². The van der Waals surface area contributed by atoms with E-state index in [9.17, 15) is 13.2 Å². The van der Waals surface area contributed by atoms with Gasteiger partial charge in [0.15, 0.2) is 0 Å². The largest absolute Gasteiger partial charge is 0.271 e. The molecule has 0 unspecified atom stereocenters. The Bertz CT molecular complexity index is 1200. The standard InChI is InChI=1S/C25H23Cl2NO3S/c1-2-3-5-19-8-13-23(14-9-19)28(32(30,31)24-15-11-21(26)12-16-24)25(29)17-10-20-6-4-7-22(27)18-20/h4,6-18H,2-3,5H2,1H3/b17-10+. The zero-order valence-corrected chi connectivity index (χ0v) is 19.9. The van der Waals surface area contributed by atoms with E-state index in [1.807, 2.05) is 12.1 Å². The van der Waals surface area contributed by atoms with E-state index in [2.05, 4.69) is 6.92 Å². The average molecular weight is 488 g/mol. The fourth-order valence-electron chi connectivity index (χ4n) is 3.12. The predicted octanol–water partition coefficient (Wildman–Crippen LogP) is 6.77. The van der Waals surface area contributed by atoms with Crippen molar-refractivity contribution in [2.24, 2.45) is 0 Å². The van der Waals surface area contributed by atoms with Crippen molar-refractivity contribution in [1.29, 1.82) is 0 Å². The number of sulfonamides is 1. The van der Waals surface area contributed by atoms with Crippen molar-refractivity contribution in [3.8, 4) is 0 Å². The van der Waals surface area contributed by atoms with Crippen molar-refractivity contribution in [3.05, 3.63) is 100 Å². The van der Waals surface area contributed by atoms with Crippen molar-refractivity contribution < 1.29 is 13.2 Å². The molecule has 0 aliphatic carbocycles. The van der Waals surface area contributed by atoms with Crippen LogP contribution in [0.2, 0.25) is 10.0 Å². The molecular weight excluding hydrogens is 465 g/mol. The third kappa shape index (κ3) is 6.00. The van der Waals surface area contributed by atoms with Crippen molar-refractivity contribution in [2.75, 3.05) is 4.31 Å². The third-order valence-electron chi connectivity index (χ3n) is 4.81. The number of amides is 1. The summed E-state index contributed by atoms with van der Waals surface area (Å²) in [5.74, 6) is -0.693. The first kappa shape index (κ1) is 24.1. The molecule has 1 amide bonds. The van der Waals surface area contributed by atoms with Crippen LogP contribution in [0.1, 0.15) is 30.9 Å². The third-order valence-corrected chi connectivity index (χ3v) is 7.04.